The molecule has 142 valence electrons. The van der Waals surface area contributed by atoms with Gasteiger partial charge in [0.1, 0.15) is 11.9 Å². The Labute approximate surface area is 155 Å². The molecule has 0 atom stereocenters. The number of H-pyrrole nitrogens is 1. The second-order valence-corrected chi connectivity index (χ2v) is 9.45. The lowest BCUT2D eigenvalue weighted by Crippen LogP contribution is -2.46. The molecule has 6 nitrogen and oxygen atoms in total. The van der Waals surface area contributed by atoms with Crippen LogP contribution in [-0.2, 0) is 10.0 Å². The first-order valence-corrected chi connectivity index (χ1v) is 11.3. The number of ether oxygens (including phenoxy) is 1. The van der Waals surface area contributed by atoms with Crippen LogP contribution in [-0.4, -0.2) is 49.8 Å². The number of aromatic amines is 1. The number of hydrogen-bond donors (Lipinski definition) is 2. The van der Waals surface area contributed by atoms with E-state index in [1.54, 1.807) is 0 Å². The van der Waals surface area contributed by atoms with E-state index >= 15 is 0 Å². The number of aromatic nitrogens is 1. The summed E-state index contributed by atoms with van der Waals surface area (Å²) in [5.74, 6) is 0.615. The van der Waals surface area contributed by atoms with Gasteiger partial charge in [0.15, 0.2) is 0 Å². The van der Waals surface area contributed by atoms with Gasteiger partial charge < -0.3 is 14.6 Å². The maximum atomic E-state index is 11.8. The fraction of sp³-hybridized carbons (Fsp3) is 0.579. The summed E-state index contributed by atoms with van der Waals surface area (Å²) in [6.45, 7) is 4.12. The van der Waals surface area contributed by atoms with Gasteiger partial charge in [-0.1, -0.05) is 6.42 Å². The molecule has 1 saturated carbocycles. The van der Waals surface area contributed by atoms with Crippen LogP contribution in [0.5, 0.6) is 5.75 Å². The van der Waals surface area contributed by atoms with Crippen LogP contribution in [0.3, 0.4) is 0 Å². The van der Waals surface area contributed by atoms with Crippen molar-refractivity contribution < 1.29 is 13.2 Å². The van der Waals surface area contributed by atoms with Crippen LogP contribution in [0.4, 0.5) is 5.69 Å². The van der Waals surface area contributed by atoms with Gasteiger partial charge in [-0.25, -0.2) is 8.42 Å². The molecule has 0 radical (unpaired) electrons. The van der Waals surface area contributed by atoms with Crippen LogP contribution in [0.2, 0.25) is 0 Å². The summed E-state index contributed by atoms with van der Waals surface area (Å²) in [4.78, 5) is 5.83. The van der Waals surface area contributed by atoms with Gasteiger partial charge >= 0.3 is 0 Å². The number of hydrogen-bond acceptors (Lipinski definition) is 4. The molecule has 2 fully saturated rings. The smallest absolute Gasteiger partial charge is 0.229 e. The molecule has 7 heteroatoms. The molecule has 1 aromatic carbocycles. The highest BCUT2D eigenvalue weighted by atomic mass is 32.2. The van der Waals surface area contributed by atoms with Crippen molar-refractivity contribution in [2.75, 3.05) is 24.1 Å². The lowest BCUT2D eigenvalue weighted by Gasteiger charge is -2.41. The molecule has 1 aromatic heterocycles. The molecule has 1 aliphatic carbocycles. The Morgan fingerprint density at radius 3 is 2.50 bits per heavy atom. The van der Waals surface area contributed by atoms with E-state index < -0.39 is 10.0 Å². The van der Waals surface area contributed by atoms with E-state index in [4.69, 9.17) is 4.74 Å². The molecule has 2 aromatic rings. The van der Waals surface area contributed by atoms with Crippen LogP contribution in [0, 0.1) is 6.92 Å². The molecule has 1 saturated heterocycles. The molecular formula is C19H27N3O3S. The normalized spacial score (nSPS) is 20.2. The van der Waals surface area contributed by atoms with E-state index in [1.165, 1.54) is 19.3 Å². The van der Waals surface area contributed by atoms with Crippen molar-refractivity contribution >= 4 is 26.6 Å². The van der Waals surface area contributed by atoms with Gasteiger partial charge in [-0.3, -0.25) is 4.72 Å². The van der Waals surface area contributed by atoms with Gasteiger partial charge in [-0.2, -0.15) is 0 Å². The number of sulfonamides is 1. The maximum Gasteiger partial charge on any atom is 0.229 e. The molecule has 0 bridgehead atoms. The van der Waals surface area contributed by atoms with Crippen molar-refractivity contribution in [3.05, 3.63) is 23.9 Å². The molecular weight excluding hydrogens is 350 g/mol. The van der Waals surface area contributed by atoms with E-state index in [9.17, 15) is 8.42 Å². The van der Waals surface area contributed by atoms with Crippen LogP contribution >= 0.6 is 0 Å². The third kappa shape index (κ3) is 3.83. The minimum atomic E-state index is -3.37. The minimum Gasteiger partial charge on any atom is -0.488 e. The van der Waals surface area contributed by atoms with E-state index in [-0.39, 0.29) is 6.10 Å². The number of likely N-dealkylation sites (tertiary alicyclic amines) is 1. The van der Waals surface area contributed by atoms with Crippen molar-refractivity contribution in [1.29, 1.82) is 0 Å². The topological polar surface area (TPSA) is 74.4 Å². The molecule has 4 rings (SSSR count). The zero-order valence-electron chi connectivity index (χ0n) is 15.4. The van der Waals surface area contributed by atoms with Gasteiger partial charge in [0.25, 0.3) is 0 Å². The molecule has 0 unspecified atom stereocenters. The second-order valence-electron chi connectivity index (χ2n) is 7.70. The molecule has 26 heavy (non-hydrogen) atoms. The quantitative estimate of drug-likeness (QED) is 0.839. The maximum absolute atomic E-state index is 11.8. The summed E-state index contributed by atoms with van der Waals surface area (Å²) in [5.41, 5.74) is 2.44. The summed E-state index contributed by atoms with van der Waals surface area (Å²) in [7, 11) is -3.37. The van der Waals surface area contributed by atoms with Crippen molar-refractivity contribution in [3.8, 4) is 5.75 Å². The van der Waals surface area contributed by atoms with E-state index in [0.717, 1.165) is 54.8 Å². The van der Waals surface area contributed by atoms with Gasteiger partial charge in [0, 0.05) is 35.7 Å². The SMILES string of the molecule is Cc1cc2cc(OC3CCN(C4CCC4)CC3)c(NS(C)(=O)=O)cc2[nH]1. The highest BCUT2D eigenvalue weighted by Crippen LogP contribution is 2.34. The highest BCUT2D eigenvalue weighted by Gasteiger charge is 2.29. The third-order valence-electron chi connectivity index (χ3n) is 5.51. The fourth-order valence-corrected chi connectivity index (χ4v) is 4.53. The Hall–Kier alpha value is -1.73. The van der Waals surface area contributed by atoms with Crippen LogP contribution in [0.1, 0.15) is 37.8 Å². The molecule has 2 heterocycles. The third-order valence-corrected chi connectivity index (χ3v) is 6.10. The number of fused-ring (bicyclic) bond motifs is 1. The Balaban J connectivity index is 1.53. The zero-order chi connectivity index (χ0) is 18.3. The van der Waals surface area contributed by atoms with Gasteiger partial charge in [0.2, 0.25) is 10.0 Å². The first kappa shape index (κ1) is 17.7. The van der Waals surface area contributed by atoms with Gasteiger partial charge in [-0.05, 0) is 50.8 Å². The second kappa shape index (κ2) is 6.78. The van der Waals surface area contributed by atoms with Crippen molar-refractivity contribution in [2.24, 2.45) is 0 Å². The predicted molar refractivity (Wildman–Crippen MR) is 104 cm³/mol. The van der Waals surface area contributed by atoms with Crippen LogP contribution in [0.25, 0.3) is 10.9 Å². The monoisotopic (exact) mass is 377 g/mol. The predicted octanol–water partition coefficient (Wildman–Crippen LogP) is 3.24. The van der Waals surface area contributed by atoms with Crippen LogP contribution in [0.15, 0.2) is 18.2 Å². The van der Waals surface area contributed by atoms with E-state index in [1.807, 2.05) is 25.1 Å². The fourth-order valence-electron chi connectivity index (χ4n) is 3.97. The molecule has 2 N–H and O–H groups in total. The molecule has 1 aliphatic heterocycles. The number of aryl methyl sites for hydroxylation is 1. The van der Waals surface area contributed by atoms with E-state index in [2.05, 4.69) is 14.6 Å². The van der Waals surface area contributed by atoms with Crippen molar-refractivity contribution in [2.45, 2.75) is 51.2 Å². The lowest BCUT2D eigenvalue weighted by molar-refractivity contribution is 0.0497. The lowest BCUT2D eigenvalue weighted by atomic mass is 9.90. The summed E-state index contributed by atoms with van der Waals surface area (Å²) in [6.07, 6.45) is 7.28. The van der Waals surface area contributed by atoms with E-state index in [0.29, 0.717) is 11.4 Å². The van der Waals surface area contributed by atoms with Crippen molar-refractivity contribution in [1.82, 2.24) is 9.88 Å². The number of nitrogens with one attached hydrogen (secondary N) is 2. The molecule has 2 aliphatic rings. The first-order chi connectivity index (χ1) is 12.4. The summed E-state index contributed by atoms with van der Waals surface area (Å²) < 4.78 is 32.4. The Morgan fingerprint density at radius 1 is 1.15 bits per heavy atom. The minimum absolute atomic E-state index is 0.129. The summed E-state index contributed by atoms with van der Waals surface area (Å²) in [5, 5.41) is 1.03. The number of benzene rings is 1. The number of nitrogens with zero attached hydrogens (tertiary/aromatic N) is 1. The Bertz CT molecular complexity index is 894. The number of anilines is 1. The molecule has 0 amide bonds. The summed E-state index contributed by atoms with van der Waals surface area (Å²) >= 11 is 0. The van der Waals surface area contributed by atoms with Gasteiger partial charge in [-0.15, -0.1) is 0 Å². The summed E-state index contributed by atoms with van der Waals surface area (Å²) in [6, 6.07) is 6.58. The Kier molecular flexibility index (Phi) is 4.61. The number of piperidine rings is 1. The zero-order valence-corrected chi connectivity index (χ0v) is 16.2. The number of rotatable bonds is 5. The first-order valence-electron chi connectivity index (χ1n) is 9.39. The Morgan fingerprint density at radius 2 is 1.88 bits per heavy atom. The highest BCUT2D eigenvalue weighted by molar-refractivity contribution is 7.92. The average molecular weight is 378 g/mol. The standard InChI is InChI=1S/C19H27N3O3S/c1-13-10-14-11-19(18(12-17(14)20-13)21-26(2,23)24)25-16-6-8-22(9-7-16)15-4-3-5-15/h10-12,15-16,20-21H,3-9H2,1-2H3. The molecule has 0 spiro atoms. The van der Waals surface area contributed by atoms with Crippen LogP contribution < -0.4 is 9.46 Å². The largest absolute Gasteiger partial charge is 0.488 e. The average Bonchev–Trinajstić information content (AvgIpc) is 2.85. The van der Waals surface area contributed by atoms with Crippen molar-refractivity contribution in [3.63, 3.8) is 0 Å². The van der Waals surface area contributed by atoms with Gasteiger partial charge in [0.05, 0.1) is 11.9 Å².